The second kappa shape index (κ2) is 10.4. The number of nitrogens with zero attached hydrogens (tertiary/aromatic N) is 2. The molecule has 186 valence electrons. The largest absolute Gasteiger partial charge is 0.416 e. The van der Waals surface area contributed by atoms with Crippen molar-refractivity contribution in [3.63, 3.8) is 0 Å². The highest BCUT2D eigenvalue weighted by Crippen LogP contribution is 2.30. The fraction of sp³-hybridized carbons (Fsp3) is 0.280. The highest BCUT2D eigenvalue weighted by atomic mass is 19.4. The zero-order valence-corrected chi connectivity index (χ0v) is 19.0. The van der Waals surface area contributed by atoms with Crippen LogP contribution in [0, 0.1) is 5.41 Å². The van der Waals surface area contributed by atoms with Crippen LogP contribution >= 0.6 is 0 Å². The summed E-state index contributed by atoms with van der Waals surface area (Å²) >= 11 is 0. The average Bonchev–Trinajstić information content (AvgIpc) is 2.79. The van der Waals surface area contributed by atoms with Crippen LogP contribution in [-0.4, -0.2) is 24.8 Å². The smallest absolute Gasteiger partial charge is 0.354 e. The van der Waals surface area contributed by atoms with E-state index in [0.29, 0.717) is 35.9 Å². The summed E-state index contributed by atoms with van der Waals surface area (Å²) in [6.07, 6.45) is -2.60. The van der Waals surface area contributed by atoms with Crippen LogP contribution < -0.4 is 10.6 Å². The van der Waals surface area contributed by atoms with Gasteiger partial charge in [0.1, 0.15) is 0 Å². The molecule has 0 spiro atoms. The normalized spacial score (nSPS) is 16.2. The van der Waals surface area contributed by atoms with Gasteiger partial charge in [-0.05, 0) is 53.0 Å². The molecule has 0 aromatic heterocycles. The number of guanidine groups is 1. The molecule has 4 nitrogen and oxygen atoms in total. The minimum Gasteiger partial charge on any atom is -0.354 e. The summed E-state index contributed by atoms with van der Waals surface area (Å²) in [6, 6.07) is 9.23. The second-order valence-electron chi connectivity index (χ2n) is 8.75. The van der Waals surface area contributed by atoms with Crippen molar-refractivity contribution in [3.05, 3.63) is 82.9 Å². The zero-order chi connectivity index (χ0) is 25.7. The molecule has 1 aliphatic heterocycles. The molecule has 1 heterocycles. The first kappa shape index (κ1) is 26.1. The Labute approximate surface area is 199 Å². The first-order valence-corrected chi connectivity index (χ1v) is 10.7. The van der Waals surface area contributed by atoms with Crippen molar-refractivity contribution >= 4 is 23.8 Å². The summed E-state index contributed by atoms with van der Waals surface area (Å²) in [5, 5.41) is 14.6. The number of benzene rings is 2. The summed E-state index contributed by atoms with van der Waals surface area (Å²) in [6.45, 7) is 5.54. The van der Waals surface area contributed by atoms with Crippen molar-refractivity contribution in [1.82, 2.24) is 10.6 Å². The molecule has 0 aliphatic carbocycles. The lowest BCUT2D eigenvalue weighted by molar-refractivity contribution is -0.138. The van der Waals surface area contributed by atoms with Crippen molar-refractivity contribution in [1.29, 1.82) is 0 Å². The van der Waals surface area contributed by atoms with Crippen LogP contribution in [0.15, 0.2) is 70.9 Å². The Morgan fingerprint density at radius 2 is 1.14 bits per heavy atom. The Bertz CT molecular complexity index is 1040. The van der Waals surface area contributed by atoms with Crippen LogP contribution in [0.25, 0.3) is 12.2 Å². The molecule has 35 heavy (non-hydrogen) atoms. The molecule has 0 bridgehead atoms. The van der Waals surface area contributed by atoms with E-state index in [1.807, 2.05) is 0 Å². The van der Waals surface area contributed by atoms with Gasteiger partial charge in [-0.25, -0.2) is 0 Å². The first-order valence-electron chi connectivity index (χ1n) is 10.7. The lowest BCUT2D eigenvalue weighted by Gasteiger charge is -2.31. The van der Waals surface area contributed by atoms with Gasteiger partial charge in [-0.1, -0.05) is 50.3 Å². The molecule has 1 aliphatic rings. The van der Waals surface area contributed by atoms with Crippen molar-refractivity contribution in [3.8, 4) is 0 Å². The number of hydrogen-bond acceptors (Lipinski definition) is 2. The number of nitrogens with one attached hydrogen (secondary N) is 2. The number of rotatable bonds is 5. The molecule has 1 saturated heterocycles. The van der Waals surface area contributed by atoms with E-state index in [9.17, 15) is 26.3 Å². The number of alkyl halides is 6. The first-order chi connectivity index (χ1) is 16.3. The molecule has 2 aromatic rings. The van der Waals surface area contributed by atoms with Crippen LogP contribution in [0.4, 0.5) is 26.3 Å². The van der Waals surface area contributed by atoms with E-state index in [4.69, 9.17) is 0 Å². The van der Waals surface area contributed by atoms with Crippen molar-refractivity contribution in [2.24, 2.45) is 15.6 Å². The maximum atomic E-state index is 12.8. The third-order valence-electron chi connectivity index (χ3n) is 5.10. The molecular weight excluding hydrogens is 470 g/mol. The predicted molar refractivity (Wildman–Crippen MR) is 126 cm³/mol. The quantitative estimate of drug-likeness (QED) is 0.288. The SMILES string of the molecule is CC1(C)CNC(=NN=C(C=Cc2ccc(C(F)(F)F)cc2)C=Cc2ccc(C(F)(F)F)cc2)NC1. The molecular formula is C25H24F6N4. The average molecular weight is 494 g/mol. The van der Waals surface area contributed by atoms with Crippen molar-refractivity contribution in [2.45, 2.75) is 26.2 Å². The van der Waals surface area contributed by atoms with Crippen LogP contribution in [0.5, 0.6) is 0 Å². The Morgan fingerprint density at radius 3 is 1.51 bits per heavy atom. The third-order valence-corrected chi connectivity index (χ3v) is 5.10. The van der Waals surface area contributed by atoms with Crippen LogP contribution in [0.1, 0.15) is 36.1 Å². The van der Waals surface area contributed by atoms with Gasteiger partial charge in [0.15, 0.2) is 0 Å². The minimum atomic E-state index is -4.43. The molecule has 1 fully saturated rings. The molecule has 2 N–H and O–H groups in total. The molecule has 2 aromatic carbocycles. The molecule has 3 rings (SSSR count). The fourth-order valence-corrected chi connectivity index (χ4v) is 3.00. The van der Waals surface area contributed by atoms with Gasteiger partial charge in [-0.15, -0.1) is 10.2 Å². The molecule has 0 amide bonds. The van der Waals surface area contributed by atoms with E-state index in [0.717, 1.165) is 24.3 Å². The predicted octanol–water partition coefficient (Wildman–Crippen LogP) is 6.38. The van der Waals surface area contributed by atoms with Gasteiger partial charge in [0.2, 0.25) is 5.96 Å². The Morgan fingerprint density at radius 1 is 0.743 bits per heavy atom. The lowest BCUT2D eigenvalue weighted by atomic mass is 9.92. The van der Waals surface area contributed by atoms with Crippen molar-refractivity contribution in [2.75, 3.05) is 13.1 Å². The lowest BCUT2D eigenvalue weighted by Crippen LogP contribution is -2.53. The van der Waals surface area contributed by atoms with E-state index >= 15 is 0 Å². The molecule has 0 radical (unpaired) electrons. The highest BCUT2D eigenvalue weighted by Gasteiger charge is 2.30. The maximum Gasteiger partial charge on any atom is 0.416 e. The van der Waals surface area contributed by atoms with Gasteiger partial charge in [0.25, 0.3) is 0 Å². The number of halogens is 6. The van der Waals surface area contributed by atoms with Gasteiger partial charge in [0, 0.05) is 13.1 Å². The molecule has 10 heteroatoms. The fourth-order valence-electron chi connectivity index (χ4n) is 3.00. The standard InChI is InChI=1S/C25H24F6N4/c1-23(2)15-32-22(33-16-23)35-34-21(13-7-17-3-9-19(10-4-17)24(26,27)28)14-8-18-5-11-20(12-6-18)25(29,30)31/h3-14H,15-16H2,1-2H3,(H2,32,33,35). The van der Waals surface area contributed by atoms with Gasteiger partial charge < -0.3 is 10.6 Å². The van der Waals surface area contributed by atoms with E-state index in [2.05, 4.69) is 34.7 Å². The minimum absolute atomic E-state index is 0.0382. The molecule has 0 unspecified atom stereocenters. The Kier molecular flexibility index (Phi) is 7.72. The van der Waals surface area contributed by atoms with Gasteiger partial charge in [-0.3, -0.25) is 0 Å². The van der Waals surface area contributed by atoms with Gasteiger partial charge in [0.05, 0.1) is 16.8 Å². The van der Waals surface area contributed by atoms with Crippen molar-refractivity contribution < 1.29 is 26.3 Å². The summed E-state index contributed by atoms with van der Waals surface area (Å²) < 4.78 is 76.7. The number of hydrogen-bond donors (Lipinski definition) is 2. The van der Waals surface area contributed by atoms with Gasteiger partial charge >= 0.3 is 12.4 Å². The summed E-state index contributed by atoms with van der Waals surface area (Å²) in [5.74, 6) is 0.465. The van der Waals surface area contributed by atoms with Gasteiger partial charge in [-0.2, -0.15) is 26.3 Å². The summed E-state index contributed by atoms with van der Waals surface area (Å²) in [7, 11) is 0. The van der Waals surface area contributed by atoms with Crippen LogP contribution in [0.3, 0.4) is 0 Å². The highest BCUT2D eigenvalue weighted by molar-refractivity contribution is 6.08. The maximum absolute atomic E-state index is 12.8. The topological polar surface area (TPSA) is 48.8 Å². The monoisotopic (exact) mass is 494 g/mol. The molecule has 0 atom stereocenters. The zero-order valence-electron chi connectivity index (χ0n) is 19.0. The second-order valence-corrected chi connectivity index (χ2v) is 8.75. The Hall–Kier alpha value is -3.56. The van der Waals surface area contributed by atoms with E-state index in [1.54, 1.807) is 24.3 Å². The third kappa shape index (κ3) is 8.01. The summed E-state index contributed by atoms with van der Waals surface area (Å²) in [4.78, 5) is 0. The van der Waals surface area contributed by atoms with E-state index < -0.39 is 23.5 Å². The molecule has 0 saturated carbocycles. The van der Waals surface area contributed by atoms with Crippen LogP contribution in [0.2, 0.25) is 0 Å². The van der Waals surface area contributed by atoms with Crippen LogP contribution in [-0.2, 0) is 12.4 Å². The Balaban J connectivity index is 1.82. The van der Waals surface area contributed by atoms with E-state index in [1.165, 1.54) is 24.3 Å². The number of allylic oxidation sites excluding steroid dienone is 2. The summed E-state index contributed by atoms with van der Waals surface area (Å²) in [5.41, 5.74) is -0.111. The van der Waals surface area contributed by atoms with E-state index in [-0.39, 0.29) is 5.41 Å².